The summed E-state index contributed by atoms with van der Waals surface area (Å²) in [7, 11) is 0. The highest BCUT2D eigenvalue weighted by Gasteiger charge is 2.26. The lowest BCUT2D eigenvalue weighted by Crippen LogP contribution is -2.54. The molecule has 4 N–H and O–H groups in total. The average molecular weight is 540 g/mol. The number of nitrogens with one attached hydrogen (secondary N) is 4. The van der Waals surface area contributed by atoms with E-state index in [4.69, 9.17) is 0 Å². The van der Waals surface area contributed by atoms with Gasteiger partial charge in [-0.1, -0.05) is 6.42 Å². The van der Waals surface area contributed by atoms with Crippen LogP contribution in [0.1, 0.15) is 59.8 Å². The number of nitrogens with zero attached hydrogens (tertiary/aromatic N) is 1. The molecule has 1 heterocycles. The lowest BCUT2D eigenvalue weighted by molar-refractivity contribution is -0.137. The normalized spacial score (nSPS) is 15.1. The number of amides is 6. The molecule has 6 amide bonds. The van der Waals surface area contributed by atoms with Crippen molar-refractivity contribution in [2.24, 2.45) is 0 Å². The van der Waals surface area contributed by atoms with Crippen molar-refractivity contribution in [2.75, 3.05) is 18.2 Å². The van der Waals surface area contributed by atoms with Crippen molar-refractivity contribution in [3.05, 3.63) is 12.2 Å². The molecular formula is C24H37N5O7S. The molecule has 0 spiro atoms. The number of carbonyl (C=O) groups is 7. The predicted molar refractivity (Wildman–Crippen MR) is 138 cm³/mol. The fourth-order valence-electron chi connectivity index (χ4n) is 3.15. The second-order valence-electron chi connectivity index (χ2n) is 8.77. The van der Waals surface area contributed by atoms with Gasteiger partial charge in [0.2, 0.25) is 23.6 Å². The van der Waals surface area contributed by atoms with E-state index in [1.807, 2.05) is 0 Å². The first-order chi connectivity index (χ1) is 17.4. The summed E-state index contributed by atoms with van der Waals surface area (Å²) in [5.74, 6) is -1.63. The van der Waals surface area contributed by atoms with Gasteiger partial charge < -0.3 is 26.1 Å². The van der Waals surface area contributed by atoms with E-state index in [9.17, 15) is 33.6 Å². The molecule has 0 saturated heterocycles. The van der Waals surface area contributed by atoms with Gasteiger partial charge in [0, 0.05) is 31.5 Å². The first-order valence-electron chi connectivity index (χ1n) is 12.2. The van der Waals surface area contributed by atoms with Gasteiger partial charge in [0.25, 0.3) is 11.8 Å². The fraction of sp³-hybridized carbons (Fsp3) is 0.625. The summed E-state index contributed by atoms with van der Waals surface area (Å²) in [6.45, 7) is 5.88. The maximum Gasteiger partial charge on any atom is 0.253 e. The number of hydrogen-bond acceptors (Lipinski definition) is 8. The molecule has 13 heteroatoms. The van der Waals surface area contributed by atoms with Crippen LogP contribution in [-0.2, 0) is 33.6 Å². The van der Waals surface area contributed by atoms with Crippen LogP contribution >= 0.6 is 11.8 Å². The summed E-state index contributed by atoms with van der Waals surface area (Å²) in [5, 5.41) is 10.2. The third-order valence-corrected chi connectivity index (χ3v) is 6.33. The Morgan fingerprint density at radius 1 is 0.784 bits per heavy atom. The van der Waals surface area contributed by atoms with Gasteiger partial charge in [-0.05, 0) is 46.3 Å². The van der Waals surface area contributed by atoms with E-state index in [2.05, 4.69) is 21.3 Å². The molecule has 0 aliphatic carbocycles. The number of ketones is 1. The largest absolute Gasteiger partial charge is 0.345 e. The van der Waals surface area contributed by atoms with Crippen LogP contribution < -0.4 is 21.3 Å². The van der Waals surface area contributed by atoms with Crippen LogP contribution in [0, 0.1) is 0 Å². The third-order valence-electron chi connectivity index (χ3n) is 5.40. The highest BCUT2D eigenvalue weighted by Crippen LogP contribution is 2.07. The summed E-state index contributed by atoms with van der Waals surface area (Å²) in [4.78, 5) is 83.8. The molecule has 0 aromatic carbocycles. The van der Waals surface area contributed by atoms with Gasteiger partial charge in [-0.25, -0.2) is 0 Å². The number of carbonyl (C=O) groups excluding carboxylic acids is 7. The van der Waals surface area contributed by atoms with Gasteiger partial charge in [-0.2, -0.15) is 0 Å². The van der Waals surface area contributed by atoms with E-state index >= 15 is 0 Å². The number of Topliss-reactive ketones (excluding diaryl/α,β-unsaturated/α-hetero) is 1. The lowest BCUT2D eigenvalue weighted by Gasteiger charge is -2.20. The highest BCUT2D eigenvalue weighted by molar-refractivity contribution is 7.99. The Bertz CT molecular complexity index is 890. The van der Waals surface area contributed by atoms with Crippen LogP contribution in [0.4, 0.5) is 0 Å². The number of thioether (sulfide) groups is 1. The summed E-state index contributed by atoms with van der Waals surface area (Å²) < 4.78 is 0. The number of hydrogen-bond donors (Lipinski definition) is 4. The Morgan fingerprint density at radius 3 is 1.89 bits per heavy atom. The molecule has 0 radical (unpaired) electrons. The molecule has 0 aromatic heterocycles. The quantitative estimate of drug-likeness (QED) is 0.112. The zero-order valence-electron chi connectivity index (χ0n) is 21.8. The molecule has 206 valence electrons. The molecule has 1 rings (SSSR count). The molecule has 0 fully saturated rings. The van der Waals surface area contributed by atoms with Crippen LogP contribution in [0.2, 0.25) is 0 Å². The molecule has 1 aliphatic heterocycles. The van der Waals surface area contributed by atoms with Crippen molar-refractivity contribution in [1.82, 2.24) is 26.2 Å². The molecule has 3 atom stereocenters. The van der Waals surface area contributed by atoms with Crippen LogP contribution in [0.3, 0.4) is 0 Å². The highest BCUT2D eigenvalue weighted by atomic mass is 32.2. The van der Waals surface area contributed by atoms with Crippen molar-refractivity contribution < 1.29 is 33.6 Å². The minimum Gasteiger partial charge on any atom is -0.345 e. The molecule has 12 nitrogen and oxygen atoms in total. The van der Waals surface area contributed by atoms with Gasteiger partial charge >= 0.3 is 0 Å². The van der Waals surface area contributed by atoms with Gasteiger partial charge in [0.1, 0.15) is 23.9 Å². The van der Waals surface area contributed by atoms with Crippen molar-refractivity contribution in [1.29, 1.82) is 0 Å². The third kappa shape index (κ3) is 12.5. The second kappa shape index (κ2) is 16.5. The minimum absolute atomic E-state index is 0.108. The molecule has 37 heavy (non-hydrogen) atoms. The fourth-order valence-corrected chi connectivity index (χ4v) is 3.95. The first kappa shape index (κ1) is 31.8. The number of imide groups is 1. The summed E-state index contributed by atoms with van der Waals surface area (Å²) in [6.07, 6.45) is 5.43. The summed E-state index contributed by atoms with van der Waals surface area (Å²) >= 11 is 1.55. The molecule has 0 saturated carbocycles. The Kier molecular flexibility index (Phi) is 14.2. The van der Waals surface area contributed by atoms with Crippen LogP contribution in [0.5, 0.6) is 0 Å². The first-order valence-corrected chi connectivity index (χ1v) is 13.4. The standard InChI is InChI=1S/C24H37N5O7S/c1-15(30)8-6-5-7-13-37-14-25-22(34)16(2)27-24(36)18(4)28-23(35)17(3)26-19(31)11-12-29-20(32)9-10-21(29)33/h9-10,16-18H,5-8,11-14H2,1-4H3,(H,25,34)(H,26,31)(H,27,36)(H,28,35)/t16-,17-,18+/m0/s1. The number of rotatable bonds is 17. The molecule has 0 bridgehead atoms. The van der Waals surface area contributed by atoms with Crippen LogP contribution in [0.15, 0.2) is 12.2 Å². The zero-order chi connectivity index (χ0) is 28.0. The van der Waals surface area contributed by atoms with Gasteiger partial charge in [-0.3, -0.25) is 33.7 Å². The molecule has 1 aliphatic rings. The average Bonchev–Trinajstić information content (AvgIpc) is 3.15. The Morgan fingerprint density at radius 2 is 1.32 bits per heavy atom. The van der Waals surface area contributed by atoms with Crippen molar-refractivity contribution >= 4 is 53.0 Å². The molecule has 0 aromatic rings. The summed E-state index contributed by atoms with van der Waals surface area (Å²) in [6, 6.07) is -2.74. The predicted octanol–water partition coefficient (Wildman–Crippen LogP) is -0.228. The van der Waals surface area contributed by atoms with Crippen molar-refractivity contribution in [3.63, 3.8) is 0 Å². The van der Waals surface area contributed by atoms with Gasteiger partial charge in [0.05, 0.1) is 5.88 Å². The Hall–Kier alpha value is -3.22. The monoisotopic (exact) mass is 539 g/mol. The zero-order valence-corrected chi connectivity index (χ0v) is 22.6. The van der Waals surface area contributed by atoms with Crippen molar-refractivity contribution in [3.8, 4) is 0 Å². The maximum absolute atomic E-state index is 12.4. The smallest absolute Gasteiger partial charge is 0.253 e. The summed E-state index contributed by atoms with van der Waals surface area (Å²) in [5.41, 5.74) is 0. The Balaban J connectivity index is 2.26. The van der Waals surface area contributed by atoms with Crippen LogP contribution in [-0.4, -0.2) is 82.4 Å². The van der Waals surface area contributed by atoms with Gasteiger partial charge in [0.15, 0.2) is 0 Å². The van der Waals surface area contributed by atoms with Crippen LogP contribution in [0.25, 0.3) is 0 Å². The second-order valence-corrected chi connectivity index (χ2v) is 9.87. The van der Waals surface area contributed by atoms with E-state index in [0.29, 0.717) is 12.3 Å². The minimum atomic E-state index is -0.967. The Labute approximate surface area is 221 Å². The van der Waals surface area contributed by atoms with E-state index in [0.717, 1.165) is 42.1 Å². The lowest BCUT2D eigenvalue weighted by atomic mass is 10.2. The van der Waals surface area contributed by atoms with E-state index in [1.165, 1.54) is 20.8 Å². The molecule has 0 unspecified atom stereocenters. The van der Waals surface area contributed by atoms with Crippen molar-refractivity contribution in [2.45, 2.75) is 77.9 Å². The molecular weight excluding hydrogens is 502 g/mol. The van der Waals surface area contributed by atoms with E-state index < -0.39 is 47.7 Å². The van der Waals surface area contributed by atoms with E-state index in [1.54, 1.807) is 18.7 Å². The van der Waals surface area contributed by atoms with Gasteiger partial charge in [-0.15, -0.1) is 11.8 Å². The topological polar surface area (TPSA) is 171 Å². The maximum atomic E-state index is 12.4. The SMILES string of the molecule is CC(=O)CCCCCSCNC(=O)[C@H](C)NC(=O)[C@@H](C)NC(=O)[C@H](C)NC(=O)CCN1C(=O)C=CC1=O. The number of unbranched alkanes of at least 4 members (excludes halogenated alkanes) is 2. The van der Waals surface area contributed by atoms with E-state index in [-0.39, 0.29) is 24.7 Å².